The highest BCUT2D eigenvalue weighted by molar-refractivity contribution is 7.23. The Morgan fingerprint density at radius 2 is 1.77 bits per heavy atom. The van der Waals surface area contributed by atoms with Crippen LogP contribution in [-0.2, 0) is 6.54 Å². The van der Waals surface area contributed by atoms with Crippen molar-refractivity contribution in [1.29, 1.82) is 0 Å². The van der Waals surface area contributed by atoms with Crippen molar-refractivity contribution in [3.8, 4) is 0 Å². The number of benzene rings is 2. The average molecular weight is 436 g/mol. The van der Waals surface area contributed by atoms with Crippen LogP contribution in [-0.4, -0.2) is 21.7 Å². The van der Waals surface area contributed by atoms with Gasteiger partial charge in [0, 0.05) is 17.3 Å². The predicted octanol–water partition coefficient (Wildman–Crippen LogP) is 5.70. The molecule has 30 heavy (non-hydrogen) atoms. The molecule has 1 amide bonds. The van der Waals surface area contributed by atoms with Gasteiger partial charge in [-0.2, -0.15) is 0 Å². The van der Waals surface area contributed by atoms with Crippen LogP contribution in [0.4, 0.5) is 5.13 Å². The number of rotatable bonds is 5. The van der Waals surface area contributed by atoms with E-state index in [0.717, 1.165) is 21.5 Å². The lowest BCUT2D eigenvalue weighted by Gasteiger charge is -2.19. The number of anilines is 1. The van der Waals surface area contributed by atoms with Crippen molar-refractivity contribution in [2.45, 2.75) is 20.4 Å². The largest absolute Gasteiger partial charge is 0.295 e. The smallest absolute Gasteiger partial charge is 0.260 e. The Balaban J connectivity index is 1.78. The molecule has 2 aromatic heterocycles. The van der Waals surface area contributed by atoms with E-state index in [-0.39, 0.29) is 18.2 Å². The number of hydrogen-bond acceptors (Lipinski definition) is 5. The first-order valence-electron chi connectivity index (χ1n) is 9.32. The van der Waals surface area contributed by atoms with E-state index in [0.29, 0.717) is 21.3 Å². The molecule has 150 valence electrons. The Labute approximate surface area is 183 Å². The molecule has 0 aliphatic carbocycles. The zero-order valence-electron chi connectivity index (χ0n) is 16.4. The summed E-state index contributed by atoms with van der Waals surface area (Å²) >= 11 is 7.75. The van der Waals surface area contributed by atoms with Crippen molar-refractivity contribution in [2.24, 2.45) is 0 Å². The molecule has 0 saturated carbocycles. The molecule has 0 bridgehead atoms. The Morgan fingerprint density at radius 3 is 2.40 bits per heavy atom. The van der Waals surface area contributed by atoms with Crippen LogP contribution in [0.1, 0.15) is 38.9 Å². The van der Waals surface area contributed by atoms with E-state index in [1.54, 1.807) is 35.4 Å². The number of Topliss-reactive ketones (excluding diaryl/α,β-unsaturated/α-hetero) is 1. The van der Waals surface area contributed by atoms with Gasteiger partial charge in [-0.1, -0.05) is 47.2 Å². The topological polar surface area (TPSA) is 63.2 Å². The molecule has 0 aliphatic rings. The number of fused-ring (bicyclic) bond motifs is 1. The summed E-state index contributed by atoms with van der Waals surface area (Å²) in [6.45, 7) is 3.73. The second kappa shape index (κ2) is 8.34. The number of pyridine rings is 1. The number of aromatic nitrogens is 2. The second-order valence-electron chi connectivity index (χ2n) is 6.88. The first-order valence-corrected chi connectivity index (χ1v) is 10.5. The summed E-state index contributed by atoms with van der Waals surface area (Å²) in [7, 11) is 0. The lowest BCUT2D eigenvalue weighted by Crippen LogP contribution is -2.30. The Morgan fingerprint density at radius 1 is 1.03 bits per heavy atom. The fourth-order valence-electron chi connectivity index (χ4n) is 3.09. The van der Waals surface area contributed by atoms with Gasteiger partial charge in [-0.05, 0) is 49.7 Å². The summed E-state index contributed by atoms with van der Waals surface area (Å²) in [6.07, 6.45) is 1.69. The summed E-state index contributed by atoms with van der Waals surface area (Å²) in [4.78, 5) is 35.7. The van der Waals surface area contributed by atoms with Crippen molar-refractivity contribution in [2.75, 3.05) is 4.90 Å². The van der Waals surface area contributed by atoms with Crippen LogP contribution in [0.3, 0.4) is 0 Å². The van der Waals surface area contributed by atoms with E-state index in [1.165, 1.54) is 18.3 Å². The Bertz CT molecular complexity index is 1200. The number of carbonyl (C=O) groups excluding carboxylic acids is 2. The molecule has 0 unspecified atom stereocenters. The highest BCUT2D eigenvalue weighted by Gasteiger charge is 2.23. The third-order valence-electron chi connectivity index (χ3n) is 4.75. The number of aryl methyl sites for hydroxylation is 1. The Hall–Kier alpha value is -3.09. The van der Waals surface area contributed by atoms with E-state index in [1.807, 2.05) is 37.3 Å². The van der Waals surface area contributed by atoms with Crippen molar-refractivity contribution in [1.82, 2.24) is 9.97 Å². The van der Waals surface area contributed by atoms with Gasteiger partial charge in [-0.15, -0.1) is 0 Å². The van der Waals surface area contributed by atoms with Crippen LogP contribution < -0.4 is 4.90 Å². The average Bonchev–Trinajstić information content (AvgIpc) is 3.21. The van der Waals surface area contributed by atoms with Gasteiger partial charge < -0.3 is 0 Å². The van der Waals surface area contributed by atoms with E-state index < -0.39 is 0 Å². The van der Waals surface area contributed by atoms with E-state index in [4.69, 9.17) is 16.6 Å². The van der Waals surface area contributed by atoms with Crippen LogP contribution in [0.5, 0.6) is 0 Å². The van der Waals surface area contributed by atoms with Gasteiger partial charge in [0.25, 0.3) is 5.91 Å². The van der Waals surface area contributed by atoms with Crippen molar-refractivity contribution in [3.63, 3.8) is 0 Å². The van der Waals surface area contributed by atoms with Crippen LogP contribution >= 0.6 is 22.9 Å². The third-order valence-corrected chi connectivity index (χ3v) is 6.29. The van der Waals surface area contributed by atoms with Crippen molar-refractivity contribution >= 4 is 50.0 Å². The van der Waals surface area contributed by atoms with E-state index >= 15 is 0 Å². The first-order chi connectivity index (χ1) is 14.4. The van der Waals surface area contributed by atoms with E-state index in [9.17, 15) is 9.59 Å². The molecule has 0 saturated heterocycles. The van der Waals surface area contributed by atoms with Gasteiger partial charge in [0.15, 0.2) is 10.9 Å². The molecule has 4 aromatic rings. The van der Waals surface area contributed by atoms with Gasteiger partial charge in [-0.3, -0.25) is 19.5 Å². The maximum atomic E-state index is 13.4. The summed E-state index contributed by atoms with van der Waals surface area (Å²) in [5.74, 6) is -0.265. The predicted molar refractivity (Wildman–Crippen MR) is 121 cm³/mol. The highest BCUT2D eigenvalue weighted by Crippen LogP contribution is 2.36. The van der Waals surface area contributed by atoms with Gasteiger partial charge in [0.1, 0.15) is 0 Å². The minimum atomic E-state index is -0.219. The molecular formula is C23H18ClN3O2S. The molecule has 2 aromatic carbocycles. The lowest BCUT2D eigenvalue weighted by atomic mass is 10.1. The monoisotopic (exact) mass is 435 g/mol. The number of ketones is 1. The number of amides is 1. The molecule has 0 N–H and O–H groups in total. The maximum Gasteiger partial charge on any atom is 0.260 e. The van der Waals surface area contributed by atoms with Crippen molar-refractivity contribution in [3.05, 3.63) is 88.2 Å². The number of carbonyl (C=O) groups is 2. The number of thiazole rings is 1. The number of nitrogens with zero attached hydrogens (tertiary/aromatic N) is 3. The minimum Gasteiger partial charge on any atom is -0.295 e. The molecule has 0 radical (unpaired) electrons. The zero-order chi connectivity index (χ0) is 21.3. The fourth-order valence-corrected chi connectivity index (χ4v) is 4.40. The third kappa shape index (κ3) is 3.97. The van der Waals surface area contributed by atoms with Crippen LogP contribution in [0, 0.1) is 6.92 Å². The molecule has 4 rings (SSSR count). The number of halogens is 1. The number of hydrogen-bond donors (Lipinski definition) is 0. The molecule has 7 heteroatoms. The summed E-state index contributed by atoms with van der Waals surface area (Å²) in [5.41, 5.74) is 3.55. The van der Waals surface area contributed by atoms with Gasteiger partial charge in [-0.25, -0.2) is 4.98 Å². The second-order valence-corrected chi connectivity index (χ2v) is 8.27. The van der Waals surface area contributed by atoms with Crippen LogP contribution in [0.2, 0.25) is 5.02 Å². The SMILES string of the molecule is CC(=O)c1ccc(C(=O)N(Cc2ccccn2)c2nc3c(C)ccc(Cl)c3s2)cc1. The molecule has 0 atom stereocenters. The summed E-state index contributed by atoms with van der Waals surface area (Å²) < 4.78 is 0.845. The standard InChI is InChI=1S/C23H18ClN3O2S/c1-14-6-11-19(24)21-20(14)26-23(30-21)27(13-18-5-3-4-12-25-18)22(29)17-9-7-16(8-10-17)15(2)28/h3-12H,13H2,1-2H3. The quantitative estimate of drug-likeness (QED) is 0.377. The minimum absolute atomic E-state index is 0.0457. The highest BCUT2D eigenvalue weighted by atomic mass is 35.5. The van der Waals surface area contributed by atoms with E-state index in [2.05, 4.69) is 4.98 Å². The molecule has 0 spiro atoms. The molecular weight excluding hydrogens is 418 g/mol. The zero-order valence-corrected chi connectivity index (χ0v) is 18.0. The summed E-state index contributed by atoms with van der Waals surface area (Å²) in [6, 6.07) is 16.0. The first kappa shape index (κ1) is 20.2. The van der Waals surface area contributed by atoms with Crippen LogP contribution in [0.25, 0.3) is 10.2 Å². The normalized spacial score (nSPS) is 10.9. The molecule has 0 aliphatic heterocycles. The summed E-state index contributed by atoms with van der Waals surface area (Å²) in [5, 5.41) is 1.16. The Kier molecular flexibility index (Phi) is 5.61. The van der Waals surface area contributed by atoms with Gasteiger partial charge in [0.2, 0.25) is 0 Å². The molecule has 2 heterocycles. The van der Waals surface area contributed by atoms with Crippen LogP contribution in [0.15, 0.2) is 60.8 Å². The fraction of sp³-hybridized carbons (Fsp3) is 0.130. The lowest BCUT2D eigenvalue weighted by molar-refractivity contribution is 0.0980. The van der Waals surface area contributed by atoms with Gasteiger partial charge in [0.05, 0.1) is 27.5 Å². The maximum absolute atomic E-state index is 13.4. The van der Waals surface area contributed by atoms with Gasteiger partial charge >= 0.3 is 0 Å². The molecule has 5 nitrogen and oxygen atoms in total. The molecule has 0 fully saturated rings. The van der Waals surface area contributed by atoms with Crippen molar-refractivity contribution < 1.29 is 9.59 Å².